The summed E-state index contributed by atoms with van der Waals surface area (Å²) in [5.41, 5.74) is -0.751. The second kappa shape index (κ2) is 6.47. The van der Waals surface area contributed by atoms with Gasteiger partial charge in [0.1, 0.15) is 12.1 Å². The molecule has 23 heavy (non-hydrogen) atoms. The van der Waals surface area contributed by atoms with Crippen molar-refractivity contribution in [1.82, 2.24) is 20.9 Å². The van der Waals surface area contributed by atoms with Gasteiger partial charge in [0.2, 0.25) is 5.91 Å². The summed E-state index contributed by atoms with van der Waals surface area (Å²) in [6.07, 6.45) is 6.09. The van der Waals surface area contributed by atoms with Gasteiger partial charge in [-0.1, -0.05) is 19.3 Å². The molecule has 2 atom stereocenters. The predicted molar refractivity (Wildman–Crippen MR) is 84.7 cm³/mol. The lowest BCUT2D eigenvalue weighted by molar-refractivity contribution is -0.136. The highest BCUT2D eigenvalue weighted by Gasteiger charge is 2.51. The third kappa shape index (κ3) is 3.34. The molecule has 2 aliphatic heterocycles. The molecular weight excluding hydrogens is 296 g/mol. The number of carbonyl (C=O) groups is 3. The van der Waals surface area contributed by atoms with Crippen molar-refractivity contribution in [3.05, 3.63) is 0 Å². The van der Waals surface area contributed by atoms with Gasteiger partial charge in [-0.25, -0.2) is 4.79 Å². The van der Waals surface area contributed by atoms with Crippen molar-refractivity contribution in [2.45, 2.75) is 69.5 Å². The van der Waals surface area contributed by atoms with Gasteiger partial charge < -0.3 is 16.0 Å². The van der Waals surface area contributed by atoms with E-state index < -0.39 is 11.6 Å². The molecule has 1 aliphatic carbocycles. The van der Waals surface area contributed by atoms with E-state index in [1.807, 2.05) is 0 Å². The first-order chi connectivity index (χ1) is 11.0. The highest BCUT2D eigenvalue weighted by Crippen LogP contribution is 2.33. The van der Waals surface area contributed by atoms with Crippen LogP contribution in [0.3, 0.4) is 0 Å². The lowest BCUT2D eigenvalue weighted by Crippen LogP contribution is -2.51. The molecule has 4 amide bonds. The van der Waals surface area contributed by atoms with Gasteiger partial charge in [-0.05, 0) is 39.2 Å². The van der Waals surface area contributed by atoms with Gasteiger partial charge >= 0.3 is 6.03 Å². The van der Waals surface area contributed by atoms with Crippen LogP contribution in [-0.4, -0.2) is 53.5 Å². The molecule has 7 heteroatoms. The van der Waals surface area contributed by atoms with Crippen LogP contribution in [0.4, 0.5) is 4.79 Å². The summed E-state index contributed by atoms with van der Waals surface area (Å²) in [7, 11) is 0. The van der Waals surface area contributed by atoms with Crippen molar-refractivity contribution in [3.8, 4) is 0 Å². The van der Waals surface area contributed by atoms with E-state index in [9.17, 15) is 14.4 Å². The van der Waals surface area contributed by atoms with Gasteiger partial charge in [-0.3, -0.25) is 14.5 Å². The predicted octanol–water partition coefficient (Wildman–Crippen LogP) is 0.498. The molecule has 2 unspecified atom stereocenters. The van der Waals surface area contributed by atoms with Gasteiger partial charge in [0, 0.05) is 12.1 Å². The van der Waals surface area contributed by atoms with Crippen LogP contribution in [0.25, 0.3) is 0 Å². The van der Waals surface area contributed by atoms with Gasteiger partial charge in [-0.2, -0.15) is 0 Å². The van der Waals surface area contributed by atoms with E-state index in [2.05, 4.69) is 22.9 Å². The van der Waals surface area contributed by atoms with Crippen molar-refractivity contribution in [2.24, 2.45) is 0 Å². The van der Waals surface area contributed by atoms with Crippen molar-refractivity contribution < 1.29 is 14.4 Å². The van der Waals surface area contributed by atoms with Crippen LogP contribution in [0, 0.1) is 0 Å². The van der Waals surface area contributed by atoms with Crippen LogP contribution in [0.2, 0.25) is 0 Å². The van der Waals surface area contributed by atoms with E-state index in [0.29, 0.717) is 18.9 Å². The summed E-state index contributed by atoms with van der Waals surface area (Å²) in [6, 6.07) is 0.0603. The summed E-state index contributed by atoms with van der Waals surface area (Å²) in [5.74, 6) is -0.475. The van der Waals surface area contributed by atoms with Crippen molar-refractivity contribution in [2.75, 3.05) is 13.1 Å². The molecule has 2 saturated heterocycles. The van der Waals surface area contributed by atoms with Crippen LogP contribution in [0.15, 0.2) is 0 Å². The number of carbonyl (C=O) groups excluding carboxylic acids is 3. The number of amides is 4. The second-order valence-electron chi connectivity index (χ2n) is 7.11. The third-order valence-corrected chi connectivity index (χ3v) is 5.24. The molecule has 3 aliphatic rings. The number of urea groups is 1. The molecule has 1 saturated carbocycles. The fourth-order valence-corrected chi connectivity index (χ4v) is 3.99. The van der Waals surface area contributed by atoms with Crippen LogP contribution in [-0.2, 0) is 9.59 Å². The van der Waals surface area contributed by atoms with E-state index in [4.69, 9.17) is 0 Å². The molecule has 1 spiro atoms. The number of nitrogens with zero attached hydrogens (tertiary/aromatic N) is 1. The number of hydrogen-bond acceptors (Lipinski definition) is 4. The second-order valence-corrected chi connectivity index (χ2v) is 7.11. The van der Waals surface area contributed by atoms with E-state index in [-0.39, 0.29) is 24.4 Å². The average molecular weight is 322 g/mol. The van der Waals surface area contributed by atoms with Crippen LogP contribution in [0.5, 0.6) is 0 Å². The summed E-state index contributed by atoms with van der Waals surface area (Å²) >= 11 is 0. The Morgan fingerprint density at radius 1 is 1.30 bits per heavy atom. The summed E-state index contributed by atoms with van der Waals surface area (Å²) < 4.78 is 0. The molecule has 3 fully saturated rings. The Morgan fingerprint density at radius 2 is 2.04 bits per heavy atom. The van der Waals surface area contributed by atoms with E-state index in [1.165, 1.54) is 0 Å². The van der Waals surface area contributed by atoms with Crippen LogP contribution < -0.4 is 16.0 Å². The number of imide groups is 1. The number of nitrogens with one attached hydrogen (secondary N) is 3. The standard InChI is InChI=1S/C16H26N4O3/c1-11-9-12(5-8-17-11)18-13(21)10-20-14(22)16(19-15(20)23)6-3-2-4-7-16/h11-12,17H,2-10H2,1H3,(H,18,21)(H,19,23). The molecular formula is C16H26N4O3. The van der Waals surface area contributed by atoms with Crippen LogP contribution in [0.1, 0.15) is 51.9 Å². The highest BCUT2D eigenvalue weighted by molar-refractivity contribution is 6.09. The Hall–Kier alpha value is -1.63. The zero-order chi connectivity index (χ0) is 16.4. The molecule has 3 rings (SSSR count). The first-order valence-electron chi connectivity index (χ1n) is 8.67. The Balaban J connectivity index is 1.57. The molecule has 128 valence electrons. The summed E-state index contributed by atoms with van der Waals surface area (Å²) in [4.78, 5) is 38.1. The molecule has 3 N–H and O–H groups in total. The molecule has 0 radical (unpaired) electrons. The van der Waals surface area contributed by atoms with Crippen molar-refractivity contribution >= 4 is 17.8 Å². The van der Waals surface area contributed by atoms with Gasteiger partial charge in [-0.15, -0.1) is 0 Å². The van der Waals surface area contributed by atoms with Crippen molar-refractivity contribution in [3.63, 3.8) is 0 Å². The maximum absolute atomic E-state index is 12.6. The van der Waals surface area contributed by atoms with Gasteiger partial charge in [0.25, 0.3) is 5.91 Å². The minimum Gasteiger partial charge on any atom is -0.352 e. The molecule has 0 aromatic carbocycles. The third-order valence-electron chi connectivity index (χ3n) is 5.24. The molecule has 7 nitrogen and oxygen atoms in total. The zero-order valence-electron chi connectivity index (χ0n) is 13.7. The fraction of sp³-hybridized carbons (Fsp3) is 0.812. The average Bonchev–Trinajstić information content (AvgIpc) is 2.72. The monoisotopic (exact) mass is 322 g/mol. The number of rotatable bonds is 3. The SMILES string of the molecule is CC1CC(NC(=O)CN2C(=O)NC3(CCCCC3)C2=O)CCN1. The highest BCUT2D eigenvalue weighted by atomic mass is 16.2. The Kier molecular flexibility index (Phi) is 4.57. The van der Waals surface area contributed by atoms with Gasteiger partial charge in [0.15, 0.2) is 0 Å². The zero-order valence-corrected chi connectivity index (χ0v) is 13.7. The lowest BCUT2D eigenvalue weighted by atomic mass is 9.82. The first kappa shape index (κ1) is 16.2. The minimum atomic E-state index is -0.751. The Labute approximate surface area is 136 Å². The lowest BCUT2D eigenvalue weighted by Gasteiger charge is -2.30. The summed E-state index contributed by atoms with van der Waals surface area (Å²) in [5, 5.41) is 9.12. The van der Waals surface area contributed by atoms with E-state index >= 15 is 0 Å². The number of hydrogen-bond donors (Lipinski definition) is 3. The first-order valence-corrected chi connectivity index (χ1v) is 8.67. The quantitative estimate of drug-likeness (QED) is 0.660. The topological polar surface area (TPSA) is 90.5 Å². The molecule has 0 aromatic rings. The molecule has 0 bridgehead atoms. The van der Waals surface area contributed by atoms with E-state index in [1.54, 1.807) is 0 Å². The smallest absolute Gasteiger partial charge is 0.325 e. The molecule has 2 heterocycles. The minimum absolute atomic E-state index is 0.114. The molecule has 0 aromatic heterocycles. The maximum atomic E-state index is 12.6. The maximum Gasteiger partial charge on any atom is 0.325 e. The van der Waals surface area contributed by atoms with Crippen molar-refractivity contribution in [1.29, 1.82) is 0 Å². The Morgan fingerprint density at radius 3 is 2.74 bits per heavy atom. The number of piperidine rings is 1. The van der Waals surface area contributed by atoms with Crippen LogP contribution >= 0.6 is 0 Å². The summed E-state index contributed by atoms with van der Waals surface area (Å²) in [6.45, 7) is 2.78. The van der Waals surface area contributed by atoms with E-state index in [0.717, 1.165) is 43.5 Å². The largest absolute Gasteiger partial charge is 0.352 e. The Bertz CT molecular complexity index is 502. The normalized spacial score (nSPS) is 30.4. The fourth-order valence-electron chi connectivity index (χ4n) is 3.99. The van der Waals surface area contributed by atoms with Gasteiger partial charge in [0.05, 0.1) is 0 Å².